The molecular weight excluding hydrogens is 474 g/mol. The number of carbonyl (C=O) groups is 1. The third-order valence-corrected chi connectivity index (χ3v) is 9.66. The van der Waals surface area contributed by atoms with Crippen molar-refractivity contribution in [3.63, 3.8) is 0 Å². The Bertz CT molecular complexity index is 1270. The normalized spacial score (nSPS) is 25.3. The summed E-state index contributed by atoms with van der Waals surface area (Å²) in [6.45, 7) is 2.69. The van der Waals surface area contributed by atoms with Gasteiger partial charge in [-0.2, -0.15) is 4.98 Å². The summed E-state index contributed by atoms with van der Waals surface area (Å²) in [7, 11) is 1.70. The zero-order chi connectivity index (χ0) is 26.2. The Morgan fingerprint density at radius 1 is 0.974 bits per heavy atom. The van der Waals surface area contributed by atoms with Gasteiger partial charge < -0.3 is 14.2 Å². The maximum absolute atomic E-state index is 14.2. The molecule has 38 heavy (non-hydrogen) atoms. The summed E-state index contributed by atoms with van der Waals surface area (Å²) >= 11 is 0. The highest BCUT2D eigenvalue weighted by Gasteiger charge is 2.53. The van der Waals surface area contributed by atoms with Crippen LogP contribution in [-0.4, -0.2) is 29.7 Å². The van der Waals surface area contributed by atoms with E-state index in [0.717, 1.165) is 105 Å². The number of hydrogen-bond acceptors (Lipinski definition) is 5. The van der Waals surface area contributed by atoms with Gasteiger partial charge in [0.25, 0.3) is 0 Å². The fourth-order valence-corrected chi connectivity index (χ4v) is 7.19. The molecule has 6 heteroatoms. The number of amides is 1. The molecule has 1 amide bonds. The molecule has 6 nitrogen and oxygen atoms in total. The van der Waals surface area contributed by atoms with E-state index in [-0.39, 0.29) is 16.7 Å². The van der Waals surface area contributed by atoms with Gasteiger partial charge in [0, 0.05) is 23.6 Å². The van der Waals surface area contributed by atoms with Crippen molar-refractivity contribution in [1.82, 2.24) is 10.1 Å². The van der Waals surface area contributed by atoms with Crippen LogP contribution in [0.5, 0.6) is 5.75 Å². The van der Waals surface area contributed by atoms with Crippen LogP contribution in [-0.2, 0) is 10.2 Å². The minimum atomic E-state index is 0.0213. The number of fused-ring (bicyclic) bond motifs is 3. The number of methoxy groups -OCH3 is 1. The fourth-order valence-electron chi connectivity index (χ4n) is 7.19. The van der Waals surface area contributed by atoms with Crippen LogP contribution in [0.25, 0.3) is 11.1 Å². The molecule has 0 radical (unpaired) electrons. The summed E-state index contributed by atoms with van der Waals surface area (Å²) in [5.41, 5.74) is 3.40. The van der Waals surface area contributed by atoms with Gasteiger partial charge in [-0.15, -0.1) is 0 Å². The zero-order valence-corrected chi connectivity index (χ0v) is 22.7. The number of ether oxygens (including phenoxy) is 1. The monoisotopic (exact) mass is 513 g/mol. The molecule has 0 aliphatic heterocycles. The first-order chi connectivity index (χ1) is 18.5. The molecule has 0 N–H and O–H groups in total. The lowest BCUT2D eigenvalue weighted by Crippen LogP contribution is -2.51. The van der Waals surface area contributed by atoms with Crippen molar-refractivity contribution in [2.45, 2.75) is 83.0 Å². The van der Waals surface area contributed by atoms with Crippen LogP contribution in [0.1, 0.15) is 82.3 Å². The van der Waals surface area contributed by atoms with Gasteiger partial charge in [-0.1, -0.05) is 48.7 Å². The molecule has 7 rings (SSSR count). The molecule has 1 aromatic heterocycles. The predicted molar refractivity (Wildman–Crippen MR) is 148 cm³/mol. The Morgan fingerprint density at radius 3 is 2.32 bits per heavy atom. The van der Waals surface area contributed by atoms with Gasteiger partial charge in [0.05, 0.1) is 7.11 Å². The van der Waals surface area contributed by atoms with E-state index < -0.39 is 0 Å². The van der Waals surface area contributed by atoms with Crippen molar-refractivity contribution in [3.8, 4) is 16.9 Å². The first-order valence-corrected chi connectivity index (χ1v) is 14.4. The average Bonchev–Trinajstić information content (AvgIpc) is 3.44. The average molecular weight is 514 g/mol. The summed E-state index contributed by atoms with van der Waals surface area (Å²) in [4.78, 5) is 20.9. The summed E-state index contributed by atoms with van der Waals surface area (Å²) in [6, 6.07) is 16.7. The summed E-state index contributed by atoms with van der Waals surface area (Å²) in [5.74, 6) is 2.83. The summed E-state index contributed by atoms with van der Waals surface area (Å²) in [6.07, 6.45) is 12.1. The topological polar surface area (TPSA) is 68.5 Å². The summed E-state index contributed by atoms with van der Waals surface area (Å²) in [5, 5.41) is 4.08. The number of rotatable bonds is 7. The Balaban J connectivity index is 1.29. The molecule has 4 aliphatic carbocycles. The predicted octanol–water partition coefficient (Wildman–Crippen LogP) is 7.26. The number of aromatic nitrogens is 2. The van der Waals surface area contributed by atoms with Gasteiger partial charge in [-0.25, -0.2) is 0 Å². The molecular formula is C32H39N3O3. The maximum atomic E-state index is 14.2. The molecule has 4 fully saturated rings. The zero-order valence-electron chi connectivity index (χ0n) is 22.7. The van der Waals surface area contributed by atoms with E-state index in [1.807, 2.05) is 19.1 Å². The minimum Gasteiger partial charge on any atom is -0.497 e. The molecule has 0 spiro atoms. The van der Waals surface area contributed by atoms with E-state index in [4.69, 9.17) is 9.26 Å². The third kappa shape index (κ3) is 4.74. The maximum Gasteiger partial charge on any atom is 0.232 e. The van der Waals surface area contributed by atoms with E-state index in [1.165, 1.54) is 6.42 Å². The van der Waals surface area contributed by atoms with E-state index in [0.29, 0.717) is 5.91 Å². The van der Waals surface area contributed by atoms with E-state index in [9.17, 15) is 4.79 Å². The number of hydrogen-bond donors (Lipinski definition) is 0. The Kier molecular flexibility index (Phi) is 6.75. The molecule has 2 bridgehead atoms. The van der Waals surface area contributed by atoms with Crippen molar-refractivity contribution in [1.29, 1.82) is 0 Å². The van der Waals surface area contributed by atoms with Crippen molar-refractivity contribution in [2.24, 2.45) is 11.3 Å². The number of aryl methyl sites for hydroxylation is 1. The lowest BCUT2D eigenvalue weighted by Gasteiger charge is -2.53. The number of carbonyl (C=O) groups excluding carboxylic acids is 1. The molecule has 0 unspecified atom stereocenters. The van der Waals surface area contributed by atoms with E-state index >= 15 is 0 Å². The molecule has 4 saturated carbocycles. The quantitative estimate of drug-likeness (QED) is 0.333. The minimum absolute atomic E-state index is 0.0213. The standard InChI is InChI=1S/C32H39N3O3/c1-23-33-30(38-34-23)32-17-14-31(15-18-32,16-19-32)22-35(29(36)24-8-4-3-5-9-24)27-12-6-10-25(20-27)26-11-7-13-28(21-26)37-2/h6-7,10-13,20-21,24H,3-5,8-9,14-19,22H2,1-2H3. The van der Waals surface area contributed by atoms with Crippen LogP contribution < -0.4 is 9.64 Å². The lowest BCUT2D eigenvalue weighted by atomic mass is 9.53. The van der Waals surface area contributed by atoms with E-state index in [2.05, 4.69) is 51.4 Å². The third-order valence-electron chi connectivity index (χ3n) is 9.66. The molecule has 4 aliphatic rings. The number of nitrogens with zero attached hydrogens (tertiary/aromatic N) is 3. The number of anilines is 1. The Hall–Kier alpha value is -3.15. The van der Waals surface area contributed by atoms with Crippen LogP contribution in [0.4, 0.5) is 5.69 Å². The molecule has 200 valence electrons. The molecule has 0 saturated heterocycles. The van der Waals surface area contributed by atoms with Gasteiger partial charge in [-0.05, 0) is 99.1 Å². The summed E-state index contributed by atoms with van der Waals surface area (Å²) < 4.78 is 11.1. The van der Waals surface area contributed by atoms with Gasteiger partial charge in [-0.3, -0.25) is 4.79 Å². The number of benzene rings is 2. The highest BCUT2D eigenvalue weighted by Crippen LogP contribution is 2.58. The van der Waals surface area contributed by atoms with Gasteiger partial charge in [0.15, 0.2) is 5.82 Å². The van der Waals surface area contributed by atoms with Crippen LogP contribution in [0.15, 0.2) is 53.1 Å². The first kappa shape index (κ1) is 25.1. The van der Waals surface area contributed by atoms with E-state index in [1.54, 1.807) is 7.11 Å². The molecule has 3 aromatic rings. The van der Waals surface area contributed by atoms with Crippen LogP contribution in [0.2, 0.25) is 0 Å². The lowest BCUT2D eigenvalue weighted by molar-refractivity contribution is -0.124. The largest absolute Gasteiger partial charge is 0.497 e. The first-order valence-electron chi connectivity index (χ1n) is 14.4. The smallest absolute Gasteiger partial charge is 0.232 e. The van der Waals surface area contributed by atoms with Crippen molar-refractivity contribution in [2.75, 3.05) is 18.6 Å². The SMILES string of the molecule is COc1cccc(-c2cccc(N(CC34CCC(c5nc(C)no5)(CC3)CC4)C(=O)C3CCCCC3)c2)c1. The fraction of sp³-hybridized carbons (Fsp3) is 0.531. The molecule has 1 heterocycles. The Labute approximate surface area is 225 Å². The second-order valence-corrected chi connectivity index (χ2v) is 12.0. The molecule has 0 atom stereocenters. The van der Waals surface area contributed by atoms with Crippen LogP contribution in [0.3, 0.4) is 0 Å². The van der Waals surface area contributed by atoms with Crippen LogP contribution >= 0.6 is 0 Å². The Morgan fingerprint density at radius 2 is 1.66 bits per heavy atom. The highest BCUT2D eigenvalue weighted by molar-refractivity contribution is 5.96. The second kappa shape index (κ2) is 10.2. The van der Waals surface area contributed by atoms with Gasteiger partial charge in [0.2, 0.25) is 11.8 Å². The second-order valence-electron chi connectivity index (χ2n) is 12.0. The van der Waals surface area contributed by atoms with Crippen LogP contribution in [0, 0.1) is 18.3 Å². The molecule has 2 aromatic carbocycles. The van der Waals surface area contributed by atoms with Gasteiger partial charge in [0.1, 0.15) is 5.75 Å². The van der Waals surface area contributed by atoms with Crippen molar-refractivity contribution in [3.05, 3.63) is 60.2 Å². The van der Waals surface area contributed by atoms with Gasteiger partial charge >= 0.3 is 0 Å². The van der Waals surface area contributed by atoms with Crippen molar-refractivity contribution < 1.29 is 14.1 Å². The van der Waals surface area contributed by atoms with Crippen molar-refractivity contribution >= 4 is 11.6 Å². The highest BCUT2D eigenvalue weighted by atomic mass is 16.5.